The zero-order valence-electron chi connectivity index (χ0n) is 10.5. The highest BCUT2D eigenvalue weighted by Gasteiger charge is 2.21. The quantitative estimate of drug-likeness (QED) is 0.703. The number of carbonyl (C=O) groups is 2. The minimum absolute atomic E-state index is 0.0314. The van der Waals surface area contributed by atoms with Gasteiger partial charge in [-0.2, -0.15) is 0 Å². The van der Waals surface area contributed by atoms with E-state index in [1.54, 1.807) is 14.0 Å². The lowest BCUT2D eigenvalue weighted by atomic mass is 10.0. The van der Waals surface area contributed by atoms with E-state index in [2.05, 4.69) is 6.58 Å². The monoisotopic (exact) mass is 227 g/mol. The maximum Gasteiger partial charge on any atom is 0.308 e. The lowest BCUT2D eigenvalue weighted by Crippen LogP contribution is -2.36. The molecule has 2 atom stereocenters. The first-order valence-electron chi connectivity index (χ1n) is 5.37. The van der Waals surface area contributed by atoms with Gasteiger partial charge < -0.3 is 10.0 Å². The summed E-state index contributed by atoms with van der Waals surface area (Å²) in [5.74, 6) is -1.59. The van der Waals surface area contributed by atoms with E-state index in [4.69, 9.17) is 5.11 Å². The highest BCUT2D eigenvalue weighted by molar-refractivity contribution is 5.79. The molecule has 2 unspecified atom stereocenters. The second-order valence-electron chi connectivity index (χ2n) is 4.52. The summed E-state index contributed by atoms with van der Waals surface area (Å²) in [7, 11) is 1.64. The van der Waals surface area contributed by atoms with Crippen LogP contribution in [0.2, 0.25) is 0 Å². The number of hydrogen-bond acceptors (Lipinski definition) is 2. The van der Waals surface area contributed by atoms with Crippen LogP contribution >= 0.6 is 0 Å². The van der Waals surface area contributed by atoms with Crippen LogP contribution in [0.5, 0.6) is 0 Å². The Balaban J connectivity index is 4.27. The second-order valence-corrected chi connectivity index (χ2v) is 4.52. The average molecular weight is 227 g/mol. The topological polar surface area (TPSA) is 57.6 Å². The fourth-order valence-electron chi connectivity index (χ4n) is 1.57. The predicted octanol–water partition coefficient (Wildman–Crippen LogP) is 1.77. The molecule has 4 nitrogen and oxygen atoms in total. The maximum atomic E-state index is 11.8. The SMILES string of the molecule is C=C(C)CC(C)C(=O)N(C)CC(C)C(=O)O. The standard InChI is InChI=1S/C12H21NO3/c1-8(2)6-9(3)11(14)13(5)7-10(4)12(15)16/h9-10H,1,6-7H2,2-5H3,(H,15,16). The van der Waals surface area contributed by atoms with Gasteiger partial charge >= 0.3 is 5.97 Å². The number of rotatable bonds is 6. The molecular weight excluding hydrogens is 206 g/mol. The van der Waals surface area contributed by atoms with Crippen molar-refractivity contribution in [3.8, 4) is 0 Å². The van der Waals surface area contributed by atoms with Crippen LogP contribution in [-0.4, -0.2) is 35.5 Å². The van der Waals surface area contributed by atoms with Crippen molar-refractivity contribution < 1.29 is 14.7 Å². The summed E-state index contributed by atoms with van der Waals surface area (Å²) >= 11 is 0. The van der Waals surface area contributed by atoms with Crippen molar-refractivity contribution in [1.29, 1.82) is 0 Å². The molecule has 1 amide bonds. The molecule has 0 aliphatic rings. The molecule has 0 aliphatic carbocycles. The summed E-state index contributed by atoms with van der Waals surface area (Å²) in [6.07, 6.45) is 0.643. The smallest absolute Gasteiger partial charge is 0.308 e. The Morgan fingerprint density at radius 2 is 1.81 bits per heavy atom. The van der Waals surface area contributed by atoms with E-state index in [1.165, 1.54) is 4.90 Å². The Hall–Kier alpha value is -1.32. The van der Waals surface area contributed by atoms with Crippen LogP contribution in [0.4, 0.5) is 0 Å². The summed E-state index contributed by atoms with van der Waals surface area (Å²) in [6, 6.07) is 0. The minimum atomic E-state index is -0.882. The molecule has 0 aromatic rings. The van der Waals surface area contributed by atoms with Crippen molar-refractivity contribution in [2.45, 2.75) is 27.2 Å². The van der Waals surface area contributed by atoms with Crippen molar-refractivity contribution in [3.05, 3.63) is 12.2 Å². The van der Waals surface area contributed by atoms with E-state index >= 15 is 0 Å². The first-order valence-corrected chi connectivity index (χ1v) is 5.37. The average Bonchev–Trinajstić information content (AvgIpc) is 2.14. The summed E-state index contributed by atoms with van der Waals surface area (Å²) in [6.45, 7) is 9.31. The van der Waals surface area contributed by atoms with E-state index < -0.39 is 11.9 Å². The van der Waals surface area contributed by atoms with Crippen LogP contribution < -0.4 is 0 Å². The number of nitrogens with zero attached hydrogens (tertiary/aromatic N) is 1. The fourth-order valence-corrected chi connectivity index (χ4v) is 1.57. The van der Waals surface area contributed by atoms with Crippen molar-refractivity contribution in [1.82, 2.24) is 4.90 Å². The molecule has 16 heavy (non-hydrogen) atoms. The first kappa shape index (κ1) is 14.7. The van der Waals surface area contributed by atoms with Crippen molar-refractivity contribution >= 4 is 11.9 Å². The number of hydrogen-bond donors (Lipinski definition) is 1. The molecule has 0 aromatic carbocycles. The maximum absolute atomic E-state index is 11.8. The van der Waals surface area contributed by atoms with Gasteiger partial charge in [0.25, 0.3) is 0 Å². The summed E-state index contributed by atoms with van der Waals surface area (Å²) in [4.78, 5) is 24.0. The van der Waals surface area contributed by atoms with E-state index in [-0.39, 0.29) is 18.4 Å². The Labute approximate surface area is 96.9 Å². The Morgan fingerprint density at radius 3 is 2.19 bits per heavy atom. The van der Waals surface area contributed by atoms with Crippen LogP contribution in [0.3, 0.4) is 0 Å². The third-order valence-electron chi connectivity index (χ3n) is 2.42. The van der Waals surface area contributed by atoms with Crippen molar-refractivity contribution in [3.63, 3.8) is 0 Å². The largest absolute Gasteiger partial charge is 0.481 e. The number of allylic oxidation sites excluding steroid dienone is 1. The Bertz CT molecular complexity index is 286. The van der Waals surface area contributed by atoms with E-state index in [9.17, 15) is 9.59 Å². The van der Waals surface area contributed by atoms with Gasteiger partial charge in [0.15, 0.2) is 0 Å². The van der Waals surface area contributed by atoms with Gasteiger partial charge in [-0.05, 0) is 13.3 Å². The van der Waals surface area contributed by atoms with Gasteiger partial charge in [0, 0.05) is 19.5 Å². The van der Waals surface area contributed by atoms with E-state index in [0.29, 0.717) is 6.42 Å². The molecule has 4 heteroatoms. The lowest BCUT2D eigenvalue weighted by molar-refractivity contribution is -0.143. The van der Waals surface area contributed by atoms with Crippen LogP contribution in [0.15, 0.2) is 12.2 Å². The Kier molecular flexibility index (Phi) is 5.78. The molecular formula is C12H21NO3. The molecule has 0 rings (SSSR count). The molecule has 0 spiro atoms. The van der Waals surface area contributed by atoms with Crippen molar-refractivity contribution in [2.75, 3.05) is 13.6 Å². The Morgan fingerprint density at radius 1 is 1.31 bits per heavy atom. The number of carboxylic acids is 1. The zero-order chi connectivity index (χ0) is 12.9. The van der Waals surface area contributed by atoms with Crippen LogP contribution in [0.25, 0.3) is 0 Å². The van der Waals surface area contributed by atoms with E-state index in [0.717, 1.165) is 5.57 Å². The molecule has 0 saturated carbocycles. The zero-order valence-corrected chi connectivity index (χ0v) is 10.5. The third-order valence-corrected chi connectivity index (χ3v) is 2.42. The number of aliphatic carboxylic acids is 1. The summed E-state index contributed by atoms with van der Waals surface area (Å²) in [5, 5.41) is 8.74. The summed E-state index contributed by atoms with van der Waals surface area (Å²) < 4.78 is 0. The fraction of sp³-hybridized carbons (Fsp3) is 0.667. The van der Waals surface area contributed by atoms with Crippen LogP contribution in [0.1, 0.15) is 27.2 Å². The van der Waals surface area contributed by atoms with Gasteiger partial charge in [-0.25, -0.2) is 0 Å². The summed E-state index contributed by atoms with van der Waals surface area (Å²) in [5.41, 5.74) is 0.959. The second kappa shape index (κ2) is 6.30. The normalized spacial score (nSPS) is 14.0. The van der Waals surface area contributed by atoms with Gasteiger partial charge in [0.05, 0.1) is 5.92 Å². The highest BCUT2D eigenvalue weighted by atomic mass is 16.4. The molecule has 0 aliphatic heterocycles. The van der Waals surface area contributed by atoms with Gasteiger partial charge in [-0.3, -0.25) is 9.59 Å². The molecule has 1 N–H and O–H groups in total. The third kappa shape index (κ3) is 4.96. The predicted molar refractivity (Wildman–Crippen MR) is 63.0 cm³/mol. The molecule has 0 saturated heterocycles. The van der Waals surface area contributed by atoms with Gasteiger partial charge in [-0.1, -0.05) is 19.4 Å². The first-order chi connectivity index (χ1) is 7.25. The molecule has 0 aromatic heterocycles. The van der Waals surface area contributed by atoms with Crippen LogP contribution in [-0.2, 0) is 9.59 Å². The number of carbonyl (C=O) groups excluding carboxylic acids is 1. The van der Waals surface area contributed by atoms with Gasteiger partial charge in [0.2, 0.25) is 5.91 Å². The van der Waals surface area contributed by atoms with Crippen molar-refractivity contribution in [2.24, 2.45) is 11.8 Å². The molecule has 0 heterocycles. The molecule has 0 radical (unpaired) electrons. The number of amides is 1. The number of carboxylic acid groups (broad SMARTS) is 1. The van der Waals surface area contributed by atoms with Crippen LogP contribution in [0, 0.1) is 11.8 Å². The van der Waals surface area contributed by atoms with E-state index in [1.807, 2.05) is 13.8 Å². The molecule has 0 fully saturated rings. The lowest BCUT2D eigenvalue weighted by Gasteiger charge is -2.23. The molecule has 0 bridgehead atoms. The van der Waals surface area contributed by atoms with Gasteiger partial charge in [-0.15, -0.1) is 6.58 Å². The van der Waals surface area contributed by atoms with Gasteiger partial charge in [0.1, 0.15) is 0 Å². The highest BCUT2D eigenvalue weighted by Crippen LogP contribution is 2.12. The molecule has 92 valence electrons. The minimum Gasteiger partial charge on any atom is -0.481 e.